The van der Waals surface area contributed by atoms with Crippen molar-refractivity contribution in [1.82, 2.24) is 0 Å². The molecule has 0 aliphatic rings. The summed E-state index contributed by atoms with van der Waals surface area (Å²) in [4.78, 5) is 11.2. The van der Waals surface area contributed by atoms with Crippen molar-refractivity contribution in [2.75, 3.05) is 0 Å². The molecule has 0 heterocycles. The highest BCUT2D eigenvalue weighted by molar-refractivity contribution is 5.79. The predicted molar refractivity (Wildman–Crippen MR) is 62.2 cm³/mol. The van der Waals surface area contributed by atoms with Crippen molar-refractivity contribution in [3.63, 3.8) is 0 Å². The maximum atomic E-state index is 13.1. The third-order valence-electron chi connectivity index (χ3n) is 3.23. The lowest BCUT2D eigenvalue weighted by atomic mass is 9.76. The minimum absolute atomic E-state index is 0.439. The van der Waals surface area contributed by atoms with Crippen LogP contribution in [0.4, 0.5) is 4.39 Å². The van der Waals surface area contributed by atoms with Gasteiger partial charge in [0.15, 0.2) is 5.60 Å². The van der Waals surface area contributed by atoms with Crippen LogP contribution in [0.25, 0.3) is 0 Å². The van der Waals surface area contributed by atoms with E-state index in [1.54, 1.807) is 26.8 Å². The van der Waals surface area contributed by atoms with Gasteiger partial charge in [-0.15, -0.1) is 0 Å². The lowest BCUT2D eigenvalue weighted by molar-refractivity contribution is -0.166. The van der Waals surface area contributed by atoms with Crippen molar-refractivity contribution in [2.45, 2.75) is 32.3 Å². The highest BCUT2D eigenvalue weighted by Gasteiger charge is 2.45. The molecule has 1 rings (SSSR count). The van der Waals surface area contributed by atoms with Gasteiger partial charge in [-0.25, -0.2) is 9.18 Å². The molecule has 0 spiro atoms. The SMILES string of the molecule is CC(C)C(O)(C(=O)O)C(C)c1cccc(F)c1. The summed E-state index contributed by atoms with van der Waals surface area (Å²) in [5, 5.41) is 19.4. The van der Waals surface area contributed by atoms with Gasteiger partial charge in [-0.2, -0.15) is 0 Å². The van der Waals surface area contributed by atoms with Crippen molar-refractivity contribution in [3.05, 3.63) is 35.6 Å². The van der Waals surface area contributed by atoms with Crippen LogP contribution in [-0.2, 0) is 4.79 Å². The van der Waals surface area contributed by atoms with E-state index >= 15 is 0 Å². The quantitative estimate of drug-likeness (QED) is 0.849. The minimum atomic E-state index is -1.90. The van der Waals surface area contributed by atoms with Gasteiger partial charge in [0.1, 0.15) is 5.82 Å². The molecule has 0 aliphatic carbocycles. The summed E-state index contributed by atoms with van der Waals surface area (Å²) >= 11 is 0. The number of rotatable bonds is 4. The first-order valence-corrected chi connectivity index (χ1v) is 5.51. The molecule has 17 heavy (non-hydrogen) atoms. The molecule has 0 radical (unpaired) electrons. The van der Waals surface area contributed by atoms with E-state index in [0.717, 1.165) is 0 Å². The van der Waals surface area contributed by atoms with Gasteiger partial charge in [-0.3, -0.25) is 0 Å². The molecule has 2 N–H and O–H groups in total. The van der Waals surface area contributed by atoms with Gasteiger partial charge in [-0.1, -0.05) is 32.9 Å². The maximum Gasteiger partial charge on any atom is 0.336 e. The number of aliphatic carboxylic acids is 1. The molecule has 2 unspecified atom stereocenters. The second-order valence-corrected chi connectivity index (χ2v) is 4.56. The number of carboxylic acids is 1. The Balaban J connectivity index is 3.17. The number of carbonyl (C=O) groups is 1. The van der Waals surface area contributed by atoms with E-state index in [2.05, 4.69) is 0 Å². The van der Waals surface area contributed by atoms with E-state index in [0.29, 0.717) is 5.56 Å². The van der Waals surface area contributed by atoms with Crippen LogP contribution >= 0.6 is 0 Å². The highest BCUT2D eigenvalue weighted by atomic mass is 19.1. The molecule has 0 aliphatic heterocycles. The Morgan fingerprint density at radius 1 is 1.35 bits per heavy atom. The molecule has 0 aromatic heterocycles. The van der Waals surface area contributed by atoms with E-state index in [4.69, 9.17) is 5.11 Å². The monoisotopic (exact) mass is 240 g/mol. The summed E-state index contributed by atoms with van der Waals surface area (Å²) in [6.45, 7) is 4.84. The van der Waals surface area contributed by atoms with Gasteiger partial charge in [0.25, 0.3) is 0 Å². The molecule has 4 heteroatoms. The molecule has 0 bridgehead atoms. The molecular formula is C13H17FO3. The van der Waals surface area contributed by atoms with E-state index in [1.165, 1.54) is 18.2 Å². The average Bonchev–Trinajstić information content (AvgIpc) is 2.26. The smallest absolute Gasteiger partial charge is 0.336 e. The molecule has 1 aromatic rings. The zero-order valence-electron chi connectivity index (χ0n) is 10.1. The van der Waals surface area contributed by atoms with Crippen LogP contribution in [0.3, 0.4) is 0 Å². The average molecular weight is 240 g/mol. The van der Waals surface area contributed by atoms with Crippen LogP contribution in [0.15, 0.2) is 24.3 Å². The van der Waals surface area contributed by atoms with Gasteiger partial charge in [0, 0.05) is 5.92 Å². The summed E-state index contributed by atoms with van der Waals surface area (Å²) in [6, 6.07) is 5.65. The summed E-state index contributed by atoms with van der Waals surface area (Å²) < 4.78 is 13.1. The highest BCUT2D eigenvalue weighted by Crippen LogP contribution is 2.34. The Morgan fingerprint density at radius 3 is 2.35 bits per heavy atom. The standard InChI is InChI=1S/C13H17FO3/c1-8(2)13(17,12(15)16)9(3)10-5-4-6-11(14)7-10/h4-9,17H,1-3H3,(H,15,16). The van der Waals surface area contributed by atoms with Gasteiger partial charge in [0.2, 0.25) is 0 Å². The fourth-order valence-electron chi connectivity index (χ4n) is 1.96. The number of halogens is 1. The zero-order valence-corrected chi connectivity index (χ0v) is 10.1. The van der Waals surface area contributed by atoms with Crippen molar-refractivity contribution in [3.8, 4) is 0 Å². The van der Waals surface area contributed by atoms with E-state index < -0.39 is 29.2 Å². The van der Waals surface area contributed by atoms with E-state index in [9.17, 15) is 14.3 Å². The van der Waals surface area contributed by atoms with Crippen LogP contribution in [0.1, 0.15) is 32.3 Å². The summed E-state index contributed by atoms with van der Waals surface area (Å²) in [5.74, 6) is -2.89. The van der Waals surface area contributed by atoms with Crippen molar-refractivity contribution < 1.29 is 19.4 Å². The second-order valence-electron chi connectivity index (χ2n) is 4.56. The van der Waals surface area contributed by atoms with Gasteiger partial charge in [0.05, 0.1) is 0 Å². The lowest BCUT2D eigenvalue weighted by Gasteiger charge is -2.33. The Labute approximate surface area is 99.9 Å². The third-order valence-corrected chi connectivity index (χ3v) is 3.23. The van der Waals surface area contributed by atoms with E-state index in [1.807, 2.05) is 0 Å². The molecule has 0 saturated carbocycles. The predicted octanol–water partition coefficient (Wildman–Crippen LogP) is 2.40. The zero-order chi connectivity index (χ0) is 13.2. The summed E-state index contributed by atoms with van der Waals surface area (Å²) in [5.41, 5.74) is -1.42. The Bertz CT molecular complexity index is 417. The number of benzene rings is 1. The first kappa shape index (κ1) is 13.6. The fraction of sp³-hybridized carbons (Fsp3) is 0.462. The van der Waals surface area contributed by atoms with Crippen molar-refractivity contribution in [1.29, 1.82) is 0 Å². The number of aliphatic hydroxyl groups is 1. The second kappa shape index (κ2) is 4.84. The molecule has 2 atom stereocenters. The fourth-order valence-corrected chi connectivity index (χ4v) is 1.96. The van der Waals surface area contributed by atoms with Crippen molar-refractivity contribution in [2.24, 2.45) is 5.92 Å². The van der Waals surface area contributed by atoms with Gasteiger partial charge >= 0.3 is 5.97 Å². The number of carboxylic acid groups (broad SMARTS) is 1. The van der Waals surface area contributed by atoms with Crippen LogP contribution in [0.5, 0.6) is 0 Å². The molecule has 1 aromatic carbocycles. The van der Waals surface area contributed by atoms with E-state index in [-0.39, 0.29) is 0 Å². The number of hydrogen-bond donors (Lipinski definition) is 2. The van der Waals surface area contributed by atoms with Gasteiger partial charge in [-0.05, 0) is 23.6 Å². The Hall–Kier alpha value is -1.42. The maximum absolute atomic E-state index is 13.1. The van der Waals surface area contributed by atoms with Gasteiger partial charge < -0.3 is 10.2 Å². The molecule has 3 nitrogen and oxygen atoms in total. The van der Waals surface area contributed by atoms with Crippen LogP contribution < -0.4 is 0 Å². The van der Waals surface area contributed by atoms with Crippen LogP contribution in [-0.4, -0.2) is 21.8 Å². The van der Waals surface area contributed by atoms with Crippen LogP contribution in [0, 0.1) is 11.7 Å². The first-order chi connectivity index (χ1) is 7.80. The molecule has 94 valence electrons. The first-order valence-electron chi connectivity index (χ1n) is 5.51. The van der Waals surface area contributed by atoms with Crippen LogP contribution in [0.2, 0.25) is 0 Å². The van der Waals surface area contributed by atoms with Crippen molar-refractivity contribution >= 4 is 5.97 Å². The summed E-state index contributed by atoms with van der Waals surface area (Å²) in [6.07, 6.45) is 0. The topological polar surface area (TPSA) is 57.5 Å². The lowest BCUT2D eigenvalue weighted by Crippen LogP contribution is -2.48. The minimum Gasteiger partial charge on any atom is -0.479 e. The number of hydrogen-bond acceptors (Lipinski definition) is 2. The Kier molecular flexibility index (Phi) is 3.88. The normalized spacial score (nSPS) is 16.6. The molecule has 0 amide bonds. The third kappa shape index (κ3) is 2.47. The Morgan fingerprint density at radius 2 is 1.94 bits per heavy atom. The molecular weight excluding hydrogens is 223 g/mol. The summed E-state index contributed by atoms with van der Waals surface area (Å²) in [7, 11) is 0. The molecule has 0 fully saturated rings. The largest absolute Gasteiger partial charge is 0.479 e. The molecule has 0 saturated heterocycles.